The van der Waals surface area contributed by atoms with Gasteiger partial charge in [-0.15, -0.1) is 0 Å². The fourth-order valence-electron chi connectivity index (χ4n) is 3.21. The largest absolute Gasteiger partial charge is 0.314 e. The van der Waals surface area contributed by atoms with Crippen LogP contribution in [0.25, 0.3) is 0 Å². The Labute approximate surface area is 115 Å². The Balaban J connectivity index is 2.00. The molecule has 0 radical (unpaired) electrons. The second-order valence-electron chi connectivity index (χ2n) is 5.84. The summed E-state index contributed by atoms with van der Waals surface area (Å²) in [4.78, 5) is 2.51. The summed E-state index contributed by atoms with van der Waals surface area (Å²) in [6.07, 6.45) is 9.87. The summed E-state index contributed by atoms with van der Waals surface area (Å²) in [5, 5.41) is 3.76. The van der Waals surface area contributed by atoms with Gasteiger partial charge < -0.3 is 10.2 Å². The molecule has 0 aromatic rings. The van der Waals surface area contributed by atoms with Gasteiger partial charge in [-0.1, -0.05) is 33.6 Å². The molecular formula is C16H34N2. The van der Waals surface area contributed by atoms with Gasteiger partial charge in [-0.2, -0.15) is 0 Å². The first-order chi connectivity index (χ1) is 8.80. The molecule has 0 amide bonds. The molecule has 2 nitrogen and oxygen atoms in total. The first kappa shape index (κ1) is 16.0. The van der Waals surface area contributed by atoms with Gasteiger partial charge in [0.15, 0.2) is 0 Å². The predicted molar refractivity (Wildman–Crippen MR) is 81.1 cm³/mol. The number of nitrogens with one attached hydrogen (secondary N) is 1. The van der Waals surface area contributed by atoms with Crippen LogP contribution in [0.3, 0.4) is 0 Å². The molecule has 0 aromatic heterocycles. The normalized spacial score (nSPS) is 24.7. The van der Waals surface area contributed by atoms with E-state index in [2.05, 4.69) is 31.0 Å². The average Bonchev–Trinajstić information content (AvgIpc) is 2.41. The molecule has 0 aliphatic heterocycles. The van der Waals surface area contributed by atoms with Crippen molar-refractivity contribution in [1.29, 1.82) is 0 Å². The Morgan fingerprint density at radius 3 is 2.22 bits per heavy atom. The number of hydrogen-bond donors (Lipinski definition) is 1. The Bertz CT molecular complexity index is 182. The van der Waals surface area contributed by atoms with Crippen LogP contribution in [-0.4, -0.2) is 37.1 Å². The summed E-state index contributed by atoms with van der Waals surface area (Å²) >= 11 is 0. The molecule has 0 heterocycles. The molecule has 1 saturated carbocycles. The maximum atomic E-state index is 3.76. The minimum Gasteiger partial charge on any atom is -0.314 e. The van der Waals surface area contributed by atoms with Gasteiger partial charge in [-0.3, -0.25) is 0 Å². The number of nitrogens with zero attached hydrogens (tertiary/aromatic N) is 1. The van der Waals surface area contributed by atoms with Gasteiger partial charge in [0.25, 0.3) is 0 Å². The van der Waals surface area contributed by atoms with E-state index in [9.17, 15) is 0 Å². The third-order valence-corrected chi connectivity index (χ3v) is 4.52. The second kappa shape index (κ2) is 9.80. The smallest absolute Gasteiger partial charge is 0.00672 e. The highest BCUT2D eigenvalue weighted by Crippen LogP contribution is 2.27. The molecular weight excluding hydrogens is 220 g/mol. The molecule has 108 valence electrons. The lowest BCUT2D eigenvalue weighted by atomic mass is 9.83. The van der Waals surface area contributed by atoms with Gasteiger partial charge in [-0.05, 0) is 64.2 Å². The molecule has 0 aromatic carbocycles. The fraction of sp³-hybridized carbons (Fsp3) is 1.00. The van der Waals surface area contributed by atoms with Crippen LogP contribution >= 0.6 is 0 Å². The zero-order valence-electron chi connectivity index (χ0n) is 12.9. The summed E-state index contributed by atoms with van der Waals surface area (Å²) in [5.74, 6) is 1.03. The van der Waals surface area contributed by atoms with Crippen LogP contribution in [0.5, 0.6) is 0 Å². The van der Waals surface area contributed by atoms with Crippen molar-refractivity contribution in [1.82, 2.24) is 10.2 Å². The number of rotatable bonds is 9. The summed E-state index contributed by atoms with van der Waals surface area (Å²) in [6.45, 7) is 11.7. The lowest BCUT2D eigenvalue weighted by molar-refractivity contribution is 0.265. The van der Waals surface area contributed by atoms with Crippen molar-refractivity contribution in [3.05, 3.63) is 0 Å². The zero-order chi connectivity index (χ0) is 13.2. The van der Waals surface area contributed by atoms with Crippen LogP contribution in [0.4, 0.5) is 0 Å². The maximum Gasteiger partial charge on any atom is 0.00672 e. The quantitative estimate of drug-likeness (QED) is 0.632. The molecule has 0 bridgehead atoms. The topological polar surface area (TPSA) is 15.3 Å². The van der Waals surface area contributed by atoms with E-state index in [0.717, 1.165) is 12.0 Å². The van der Waals surface area contributed by atoms with Crippen LogP contribution in [0, 0.1) is 5.92 Å². The highest BCUT2D eigenvalue weighted by molar-refractivity contribution is 4.77. The summed E-state index contributed by atoms with van der Waals surface area (Å²) in [6, 6.07) is 0.815. The molecule has 18 heavy (non-hydrogen) atoms. The van der Waals surface area contributed by atoms with Crippen molar-refractivity contribution in [2.24, 2.45) is 5.92 Å². The van der Waals surface area contributed by atoms with Gasteiger partial charge in [0.1, 0.15) is 0 Å². The molecule has 1 N–H and O–H groups in total. The van der Waals surface area contributed by atoms with Gasteiger partial charge in [-0.25, -0.2) is 0 Å². The fourth-order valence-corrected chi connectivity index (χ4v) is 3.21. The van der Waals surface area contributed by atoms with E-state index in [1.165, 1.54) is 71.1 Å². The molecule has 0 atom stereocenters. The molecule has 1 rings (SSSR count). The van der Waals surface area contributed by atoms with E-state index in [-0.39, 0.29) is 0 Å². The Kier molecular flexibility index (Phi) is 8.70. The first-order valence-electron chi connectivity index (χ1n) is 8.25. The van der Waals surface area contributed by atoms with Gasteiger partial charge in [0, 0.05) is 6.04 Å². The highest BCUT2D eigenvalue weighted by Gasteiger charge is 2.19. The van der Waals surface area contributed by atoms with Crippen molar-refractivity contribution >= 4 is 0 Å². The van der Waals surface area contributed by atoms with Crippen molar-refractivity contribution < 1.29 is 0 Å². The Morgan fingerprint density at radius 1 is 1.00 bits per heavy atom. The third-order valence-electron chi connectivity index (χ3n) is 4.52. The second-order valence-corrected chi connectivity index (χ2v) is 5.84. The van der Waals surface area contributed by atoms with Crippen LogP contribution in [0.15, 0.2) is 0 Å². The average molecular weight is 254 g/mol. The van der Waals surface area contributed by atoms with E-state index in [4.69, 9.17) is 0 Å². The van der Waals surface area contributed by atoms with Crippen molar-refractivity contribution in [3.8, 4) is 0 Å². The third kappa shape index (κ3) is 6.19. The van der Waals surface area contributed by atoms with Crippen LogP contribution in [-0.2, 0) is 0 Å². The summed E-state index contributed by atoms with van der Waals surface area (Å²) < 4.78 is 0. The molecule has 2 heteroatoms. The molecule has 1 aliphatic carbocycles. The molecule has 0 unspecified atom stereocenters. The Hall–Kier alpha value is -0.0800. The first-order valence-corrected chi connectivity index (χ1v) is 8.25. The minimum absolute atomic E-state index is 0.815. The Morgan fingerprint density at radius 2 is 1.67 bits per heavy atom. The van der Waals surface area contributed by atoms with Crippen LogP contribution < -0.4 is 5.32 Å². The summed E-state index contributed by atoms with van der Waals surface area (Å²) in [5.41, 5.74) is 0. The van der Waals surface area contributed by atoms with E-state index in [1.54, 1.807) is 0 Å². The monoisotopic (exact) mass is 254 g/mol. The zero-order valence-corrected chi connectivity index (χ0v) is 12.9. The van der Waals surface area contributed by atoms with Gasteiger partial charge in [0.05, 0.1) is 0 Å². The lowest BCUT2D eigenvalue weighted by Gasteiger charge is -2.29. The maximum absolute atomic E-state index is 3.76. The standard InChI is InChI=1S/C16H34N2/c1-4-8-15-9-11-16(12-10-15)17-13-7-14-18(5-2)6-3/h15-17H,4-14H2,1-3H3. The molecule has 1 fully saturated rings. The van der Waals surface area contributed by atoms with Gasteiger partial charge in [0.2, 0.25) is 0 Å². The lowest BCUT2D eigenvalue weighted by Crippen LogP contribution is -2.35. The summed E-state index contributed by atoms with van der Waals surface area (Å²) in [7, 11) is 0. The minimum atomic E-state index is 0.815. The van der Waals surface area contributed by atoms with E-state index in [0.29, 0.717) is 0 Å². The van der Waals surface area contributed by atoms with Crippen molar-refractivity contribution in [3.63, 3.8) is 0 Å². The predicted octanol–water partition coefficient (Wildman–Crippen LogP) is 3.67. The van der Waals surface area contributed by atoms with Crippen LogP contribution in [0.2, 0.25) is 0 Å². The molecule has 0 spiro atoms. The van der Waals surface area contributed by atoms with E-state index in [1.807, 2.05) is 0 Å². The molecule has 0 saturated heterocycles. The van der Waals surface area contributed by atoms with Gasteiger partial charge >= 0.3 is 0 Å². The number of hydrogen-bond acceptors (Lipinski definition) is 2. The van der Waals surface area contributed by atoms with E-state index < -0.39 is 0 Å². The van der Waals surface area contributed by atoms with Crippen molar-refractivity contribution in [2.75, 3.05) is 26.2 Å². The molecule has 1 aliphatic rings. The SMILES string of the molecule is CCCC1CCC(NCCCN(CC)CC)CC1. The van der Waals surface area contributed by atoms with Crippen molar-refractivity contribution in [2.45, 2.75) is 71.8 Å². The highest BCUT2D eigenvalue weighted by atomic mass is 15.1. The van der Waals surface area contributed by atoms with E-state index >= 15 is 0 Å². The van der Waals surface area contributed by atoms with Crippen LogP contribution in [0.1, 0.15) is 65.7 Å².